The summed E-state index contributed by atoms with van der Waals surface area (Å²) in [6.45, 7) is 6.84. The number of hydrogen-bond acceptors (Lipinski definition) is 7. The van der Waals surface area contributed by atoms with Crippen molar-refractivity contribution < 1.29 is 9.53 Å². The zero-order valence-corrected chi connectivity index (χ0v) is 14.0. The van der Waals surface area contributed by atoms with Crippen LogP contribution >= 0.6 is 11.3 Å². The Hall–Kier alpha value is -2.06. The van der Waals surface area contributed by atoms with Gasteiger partial charge in [0.1, 0.15) is 10.8 Å². The molecule has 0 bridgehead atoms. The van der Waals surface area contributed by atoms with Crippen LogP contribution in [0, 0.1) is 0 Å². The maximum Gasteiger partial charge on any atom is 0.261 e. The Bertz CT molecular complexity index is 682. The van der Waals surface area contributed by atoms with E-state index >= 15 is 0 Å². The summed E-state index contributed by atoms with van der Waals surface area (Å²) in [7, 11) is 0. The molecule has 122 valence electrons. The summed E-state index contributed by atoms with van der Waals surface area (Å²) in [6, 6.07) is 3.54. The molecular weight excluding hydrogens is 314 g/mol. The lowest BCUT2D eigenvalue weighted by Crippen LogP contribution is -2.38. The maximum atomic E-state index is 12.6. The molecule has 2 aromatic rings. The molecule has 0 atom stereocenters. The molecule has 0 aliphatic carbocycles. The third kappa shape index (κ3) is 3.65. The first-order valence-electron chi connectivity index (χ1n) is 7.57. The summed E-state index contributed by atoms with van der Waals surface area (Å²) in [5, 5.41) is 12.3. The molecule has 0 unspecified atom stereocenters. The Morgan fingerprint density at radius 3 is 2.83 bits per heavy atom. The van der Waals surface area contributed by atoms with E-state index in [0.29, 0.717) is 35.6 Å². The fourth-order valence-corrected chi connectivity index (χ4v) is 3.03. The van der Waals surface area contributed by atoms with Crippen molar-refractivity contribution >= 4 is 28.2 Å². The first-order valence-corrected chi connectivity index (χ1v) is 8.39. The Kier molecular flexibility index (Phi) is 4.82. The molecule has 1 saturated heterocycles. The topological polar surface area (TPSA) is 80.2 Å². The first-order chi connectivity index (χ1) is 11.1. The van der Waals surface area contributed by atoms with Gasteiger partial charge in [-0.15, -0.1) is 10.2 Å². The van der Waals surface area contributed by atoms with Gasteiger partial charge in [0.25, 0.3) is 5.91 Å². The number of hydrogen-bond donors (Lipinski definition) is 1. The minimum Gasteiger partial charge on any atom is -0.378 e. The van der Waals surface area contributed by atoms with E-state index in [2.05, 4.69) is 25.4 Å². The second kappa shape index (κ2) is 7.01. The lowest BCUT2D eigenvalue weighted by Gasteiger charge is -2.28. The molecule has 3 rings (SSSR count). The van der Waals surface area contributed by atoms with Crippen LogP contribution in [0.5, 0.6) is 0 Å². The Morgan fingerprint density at radius 2 is 2.13 bits per heavy atom. The van der Waals surface area contributed by atoms with Gasteiger partial charge in [-0.2, -0.15) is 0 Å². The molecule has 23 heavy (non-hydrogen) atoms. The van der Waals surface area contributed by atoms with Gasteiger partial charge >= 0.3 is 0 Å². The number of rotatable bonds is 4. The van der Waals surface area contributed by atoms with E-state index in [1.807, 2.05) is 13.8 Å². The largest absolute Gasteiger partial charge is 0.378 e. The van der Waals surface area contributed by atoms with Crippen molar-refractivity contribution in [3.63, 3.8) is 0 Å². The van der Waals surface area contributed by atoms with E-state index in [1.165, 1.54) is 11.3 Å². The highest BCUT2D eigenvalue weighted by Crippen LogP contribution is 2.24. The van der Waals surface area contributed by atoms with Crippen LogP contribution in [-0.2, 0) is 4.74 Å². The maximum absolute atomic E-state index is 12.6. The molecule has 1 N–H and O–H groups in total. The number of carbonyl (C=O) groups is 1. The molecule has 7 nitrogen and oxygen atoms in total. The molecule has 2 aromatic heterocycles. The molecule has 0 radical (unpaired) electrons. The normalized spacial score (nSPS) is 15.0. The Morgan fingerprint density at radius 1 is 1.35 bits per heavy atom. The van der Waals surface area contributed by atoms with Crippen LogP contribution in [0.15, 0.2) is 18.3 Å². The predicted molar refractivity (Wildman–Crippen MR) is 89.2 cm³/mol. The van der Waals surface area contributed by atoms with Crippen molar-refractivity contribution in [1.82, 2.24) is 15.2 Å². The van der Waals surface area contributed by atoms with Crippen molar-refractivity contribution in [2.24, 2.45) is 0 Å². The highest BCUT2D eigenvalue weighted by molar-refractivity contribution is 7.15. The SMILES string of the molecule is CC(C)c1nnc(NC(=O)c2cccnc2N2CCOCC2)s1. The van der Waals surface area contributed by atoms with Crippen molar-refractivity contribution in [2.75, 3.05) is 36.5 Å². The van der Waals surface area contributed by atoms with E-state index < -0.39 is 0 Å². The summed E-state index contributed by atoms with van der Waals surface area (Å²) < 4.78 is 5.36. The molecule has 1 amide bonds. The van der Waals surface area contributed by atoms with E-state index in [0.717, 1.165) is 18.1 Å². The van der Waals surface area contributed by atoms with E-state index in [-0.39, 0.29) is 5.91 Å². The average molecular weight is 333 g/mol. The molecule has 8 heteroatoms. The molecule has 0 saturated carbocycles. The number of nitrogens with zero attached hydrogens (tertiary/aromatic N) is 4. The van der Waals surface area contributed by atoms with Crippen molar-refractivity contribution in [3.8, 4) is 0 Å². The molecule has 1 aliphatic heterocycles. The van der Waals surface area contributed by atoms with Gasteiger partial charge in [-0.05, 0) is 12.1 Å². The predicted octanol–water partition coefficient (Wildman–Crippen LogP) is 2.15. The lowest BCUT2D eigenvalue weighted by atomic mass is 10.2. The molecule has 1 aliphatic rings. The molecular formula is C15H19N5O2S. The molecule has 0 spiro atoms. The van der Waals surface area contributed by atoms with Crippen LogP contribution in [-0.4, -0.2) is 47.4 Å². The molecule has 1 fully saturated rings. The first kappa shape index (κ1) is 15.8. The van der Waals surface area contributed by atoms with Crippen LogP contribution in [0.2, 0.25) is 0 Å². The summed E-state index contributed by atoms with van der Waals surface area (Å²) in [5.41, 5.74) is 0.538. The van der Waals surface area contributed by atoms with E-state index in [9.17, 15) is 4.79 Å². The van der Waals surface area contributed by atoms with Gasteiger partial charge in [-0.1, -0.05) is 25.2 Å². The third-order valence-corrected chi connectivity index (χ3v) is 4.64. The Labute approximate surface area is 138 Å². The monoisotopic (exact) mass is 333 g/mol. The quantitative estimate of drug-likeness (QED) is 0.923. The fraction of sp³-hybridized carbons (Fsp3) is 0.467. The van der Waals surface area contributed by atoms with Crippen molar-refractivity contribution in [3.05, 3.63) is 28.9 Å². The number of morpholine rings is 1. The summed E-state index contributed by atoms with van der Waals surface area (Å²) >= 11 is 1.40. The van der Waals surface area contributed by atoms with Gasteiger partial charge in [0.2, 0.25) is 5.13 Å². The van der Waals surface area contributed by atoms with Crippen LogP contribution in [0.3, 0.4) is 0 Å². The number of ether oxygens (including phenoxy) is 1. The van der Waals surface area contributed by atoms with Crippen LogP contribution in [0.1, 0.15) is 35.1 Å². The minimum atomic E-state index is -0.217. The van der Waals surface area contributed by atoms with Gasteiger partial charge < -0.3 is 9.64 Å². The number of nitrogens with one attached hydrogen (secondary N) is 1. The van der Waals surface area contributed by atoms with Gasteiger partial charge in [0.15, 0.2) is 0 Å². The number of carbonyl (C=O) groups excluding carboxylic acids is 1. The standard InChI is InChI=1S/C15H19N5O2S/c1-10(2)14-18-19-15(23-14)17-13(21)11-4-3-5-16-12(11)20-6-8-22-9-7-20/h3-5,10H,6-9H2,1-2H3,(H,17,19,21). The van der Waals surface area contributed by atoms with Gasteiger partial charge in [0.05, 0.1) is 18.8 Å². The summed E-state index contributed by atoms with van der Waals surface area (Å²) in [4.78, 5) is 19.0. The zero-order chi connectivity index (χ0) is 16.2. The third-order valence-electron chi connectivity index (χ3n) is 3.50. The highest BCUT2D eigenvalue weighted by Gasteiger charge is 2.21. The second-order valence-corrected chi connectivity index (χ2v) is 6.54. The highest BCUT2D eigenvalue weighted by atomic mass is 32.1. The lowest BCUT2D eigenvalue weighted by molar-refractivity contribution is 0.102. The smallest absolute Gasteiger partial charge is 0.261 e. The number of anilines is 2. The van der Waals surface area contributed by atoms with Crippen LogP contribution in [0.25, 0.3) is 0 Å². The van der Waals surface area contributed by atoms with Crippen LogP contribution in [0.4, 0.5) is 10.9 Å². The average Bonchev–Trinajstić information content (AvgIpc) is 3.04. The minimum absolute atomic E-state index is 0.217. The molecule has 0 aromatic carbocycles. The number of amides is 1. The fourth-order valence-electron chi connectivity index (χ4n) is 2.28. The summed E-state index contributed by atoms with van der Waals surface area (Å²) in [5.74, 6) is 0.758. The number of aromatic nitrogens is 3. The van der Waals surface area contributed by atoms with Gasteiger partial charge in [-0.25, -0.2) is 4.98 Å². The van der Waals surface area contributed by atoms with Gasteiger partial charge in [-0.3, -0.25) is 10.1 Å². The van der Waals surface area contributed by atoms with Crippen molar-refractivity contribution in [1.29, 1.82) is 0 Å². The summed E-state index contributed by atoms with van der Waals surface area (Å²) in [6.07, 6.45) is 1.70. The van der Waals surface area contributed by atoms with Gasteiger partial charge in [0, 0.05) is 25.2 Å². The van der Waals surface area contributed by atoms with E-state index in [4.69, 9.17) is 4.74 Å². The zero-order valence-electron chi connectivity index (χ0n) is 13.2. The van der Waals surface area contributed by atoms with E-state index in [1.54, 1.807) is 18.3 Å². The van der Waals surface area contributed by atoms with Crippen molar-refractivity contribution in [2.45, 2.75) is 19.8 Å². The second-order valence-electron chi connectivity index (χ2n) is 5.53. The number of pyridine rings is 1. The Balaban J connectivity index is 1.78. The molecule has 3 heterocycles. The van der Waals surface area contributed by atoms with Crippen LogP contribution < -0.4 is 10.2 Å².